The number of aliphatic hydroxyl groups excluding tert-OH is 1. The number of carbonyl (C=O) groups is 1. The van der Waals surface area contributed by atoms with Crippen LogP contribution >= 0.6 is 0 Å². The van der Waals surface area contributed by atoms with E-state index >= 15 is 0 Å². The third-order valence-corrected chi connectivity index (χ3v) is 4.10. The fourth-order valence-electron chi connectivity index (χ4n) is 2.53. The molecule has 2 N–H and O–H groups in total. The Morgan fingerprint density at radius 1 is 1.38 bits per heavy atom. The number of rotatable bonds is 8. The zero-order valence-corrected chi connectivity index (χ0v) is 14.5. The molecule has 0 aliphatic carbocycles. The Balaban J connectivity index is 2.08. The highest BCUT2D eigenvalue weighted by molar-refractivity contribution is 5.92. The summed E-state index contributed by atoms with van der Waals surface area (Å²) in [5.74, 6) is 0.862. The van der Waals surface area contributed by atoms with Crippen LogP contribution in [0.4, 0.5) is 0 Å². The van der Waals surface area contributed by atoms with Gasteiger partial charge >= 0.3 is 0 Å². The van der Waals surface area contributed by atoms with Crippen LogP contribution in [0.1, 0.15) is 35.9 Å². The number of amides is 1. The zero-order valence-electron chi connectivity index (χ0n) is 14.5. The van der Waals surface area contributed by atoms with Gasteiger partial charge in [-0.25, -0.2) is 4.68 Å². The lowest BCUT2D eigenvalue weighted by Gasteiger charge is -2.13. The van der Waals surface area contributed by atoms with Gasteiger partial charge in [0.25, 0.3) is 5.91 Å². The standard InChI is InChI=1S/C18H25N3O3/c1-4-14(9-10-22)12-19-18(23)17-11-13(2)21(20-17)15-5-7-16(24-3)8-6-15/h5-8,11,14,22H,4,9-10,12H2,1-3H3,(H,19,23). The number of aliphatic hydroxyl groups is 1. The van der Waals surface area contributed by atoms with Crippen molar-refractivity contribution in [2.45, 2.75) is 26.7 Å². The molecule has 6 nitrogen and oxygen atoms in total. The third kappa shape index (κ3) is 4.35. The van der Waals surface area contributed by atoms with E-state index in [-0.39, 0.29) is 18.4 Å². The summed E-state index contributed by atoms with van der Waals surface area (Å²) in [6.07, 6.45) is 1.61. The summed E-state index contributed by atoms with van der Waals surface area (Å²) >= 11 is 0. The van der Waals surface area contributed by atoms with E-state index in [9.17, 15) is 4.79 Å². The number of hydrogen-bond acceptors (Lipinski definition) is 4. The first-order chi connectivity index (χ1) is 11.6. The molecule has 1 aromatic carbocycles. The molecule has 1 atom stereocenters. The molecule has 0 saturated carbocycles. The fraction of sp³-hybridized carbons (Fsp3) is 0.444. The predicted octanol–water partition coefficient (Wildman–Crippen LogP) is 2.33. The summed E-state index contributed by atoms with van der Waals surface area (Å²) in [6.45, 7) is 4.65. The van der Waals surface area contributed by atoms with Crippen LogP contribution in [-0.2, 0) is 0 Å². The molecule has 2 aromatic rings. The van der Waals surface area contributed by atoms with Gasteiger partial charge in [-0.15, -0.1) is 0 Å². The molecule has 0 fully saturated rings. The smallest absolute Gasteiger partial charge is 0.271 e. The topological polar surface area (TPSA) is 76.4 Å². The maximum absolute atomic E-state index is 12.3. The number of nitrogens with zero attached hydrogens (tertiary/aromatic N) is 2. The lowest BCUT2D eigenvalue weighted by Crippen LogP contribution is -2.30. The number of hydrogen-bond donors (Lipinski definition) is 2. The van der Waals surface area contributed by atoms with Crippen molar-refractivity contribution in [1.82, 2.24) is 15.1 Å². The number of benzene rings is 1. The van der Waals surface area contributed by atoms with E-state index in [1.54, 1.807) is 17.9 Å². The van der Waals surface area contributed by atoms with E-state index in [0.717, 1.165) is 23.6 Å². The number of carbonyl (C=O) groups excluding carboxylic acids is 1. The molecule has 0 radical (unpaired) electrons. The van der Waals surface area contributed by atoms with Gasteiger partial charge in [0.05, 0.1) is 12.8 Å². The zero-order chi connectivity index (χ0) is 17.5. The average molecular weight is 331 g/mol. The summed E-state index contributed by atoms with van der Waals surface area (Å²) in [7, 11) is 1.62. The maximum Gasteiger partial charge on any atom is 0.271 e. The number of aryl methyl sites for hydroxylation is 1. The highest BCUT2D eigenvalue weighted by atomic mass is 16.5. The number of aromatic nitrogens is 2. The van der Waals surface area contributed by atoms with Crippen molar-refractivity contribution in [3.8, 4) is 11.4 Å². The molecule has 130 valence electrons. The van der Waals surface area contributed by atoms with Crippen molar-refractivity contribution in [3.05, 3.63) is 41.7 Å². The minimum atomic E-state index is -0.193. The van der Waals surface area contributed by atoms with E-state index < -0.39 is 0 Å². The molecule has 0 aliphatic rings. The van der Waals surface area contributed by atoms with Crippen LogP contribution in [0.5, 0.6) is 5.75 Å². The molecule has 1 aromatic heterocycles. The molecule has 0 saturated heterocycles. The predicted molar refractivity (Wildman–Crippen MR) is 92.7 cm³/mol. The first-order valence-electron chi connectivity index (χ1n) is 8.19. The summed E-state index contributed by atoms with van der Waals surface area (Å²) in [5.41, 5.74) is 2.15. The van der Waals surface area contributed by atoms with Crippen LogP contribution in [0.2, 0.25) is 0 Å². The lowest BCUT2D eigenvalue weighted by atomic mass is 10.0. The van der Waals surface area contributed by atoms with Gasteiger partial charge in [0, 0.05) is 18.8 Å². The Labute approximate surface area is 142 Å². The first kappa shape index (κ1) is 18.0. The molecule has 0 aliphatic heterocycles. The van der Waals surface area contributed by atoms with Crippen LogP contribution in [0.25, 0.3) is 5.69 Å². The molecular weight excluding hydrogens is 306 g/mol. The molecule has 1 amide bonds. The fourth-order valence-corrected chi connectivity index (χ4v) is 2.53. The van der Waals surface area contributed by atoms with Gasteiger partial charge in [-0.3, -0.25) is 4.79 Å². The molecule has 1 unspecified atom stereocenters. The van der Waals surface area contributed by atoms with Crippen LogP contribution in [0.3, 0.4) is 0 Å². The van der Waals surface area contributed by atoms with Crippen molar-refractivity contribution in [3.63, 3.8) is 0 Å². The van der Waals surface area contributed by atoms with Gasteiger partial charge < -0.3 is 15.2 Å². The number of methoxy groups -OCH3 is 1. The first-order valence-corrected chi connectivity index (χ1v) is 8.19. The molecule has 24 heavy (non-hydrogen) atoms. The monoisotopic (exact) mass is 331 g/mol. The molecule has 1 heterocycles. The molecule has 0 spiro atoms. The lowest BCUT2D eigenvalue weighted by molar-refractivity contribution is 0.0938. The Kier molecular flexibility index (Phi) is 6.37. The second-order valence-electron chi connectivity index (χ2n) is 5.78. The van der Waals surface area contributed by atoms with Crippen molar-refractivity contribution >= 4 is 5.91 Å². The number of ether oxygens (including phenoxy) is 1. The summed E-state index contributed by atoms with van der Waals surface area (Å²) in [5, 5.41) is 16.3. The third-order valence-electron chi connectivity index (χ3n) is 4.10. The van der Waals surface area contributed by atoms with Crippen LogP contribution < -0.4 is 10.1 Å². The minimum absolute atomic E-state index is 0.138. The van der Waals surface area contributed by atoms with Crippen LogP contribution in [0, 0.1) is 12.8 Å². The second-order valence-corrected chi connectivity index (χ2v) is 5.78. The Hall–Kier alpha value is -2.34. The SMILES string of the molecule is CCC(CCO)CNC(=O)c1cc(C)n(-c2ccc(OC)cc2)n1. The van der Waals surface area contributed by atoms with Crippen molar-refractivity contribution in [2.75, 3.05) is 20.3 Å². The summed E-state index contributed by atoms with van der Waals surface area (Å²) < 4.78 is 6.89. The maximum atomic E-state index is 12.3. The van der Waals surface area contributed by atoms with Crippen molar-refractivity contribution in [1.29, 1.82) is 0 Å². The van der Waals surface area contributed by atoms with Crippen molar-refractivity contribution in [2.24, 2.45) is 5.92 Å². The summed E-state index contributed by atoms with van der Waals surface area (Å²) in [4.78, 5) is 12.3. The van der Waals surface area contributed by atoms with Gasteiger partial charge in [0.2, 0.25) is 0 Å². The Morgan fingerprint density at radius 3 is 2.67 bits per heavy atom. The highest BCUT2D eigenvalue weighted by Gasteiger charge is 2.15. The Morgan fingerprint density at radius 2 is 2.08 bits per heavy atom. The van der Waals surface area contributed by atoms with Crippen LogP contribution in [0.15, 0.2) is 30.3 Å². The molecule has 2 rings (SSSR count). The number of nitrogens with one attached hydrogen (secondary N) is 1. The second kappa shape index (κ2) is 8.49. The average Bonchev–Trinajstić information content (AvgIpc) is 3.00. The van der Waals surface area contributed by atoms with E-state index in [1.807, 2.05) is 31.2 Å². The highest BCUT2D eigenvalue weighted by Crippen LogP contribution is 2.17. The Bertz CT molecular complexity index is 665. The van der Waals surface area contributed by atoms with Gasteiger partial charge in [-0.2, -0.15) is 5.10 Å². The van der Waals surface area contributed by atoms with Gasteiger partial charge in [-0.1, -0.05) is 13.3 Å². The van der Waals surface area contributed by atoms with Crippen LogP contribution in [-0.4, -0.2) is 41.1 Å². The molecular formula is C18H25N3O3. The van der Waals surface area contributed by atoms with E-state index in [2.05, 4.69) is 17.3 Å². The van der Waals surface area contributed by atoms with E-state index in [0.29, 0.717) is 18.7 Å². The summed E-state index contributed by atoms with van der Waals surface area (Å²) in [6, 6.07) is 9.28. The van der Waals surface area contributed by atoms with Gasteiger partial charge in [-0.05, 0) is 49.6 Å². The molecule has 6 heteroatoms. The van der Waals surface area contributed by atoms with Gasteiger partial charge in [0.1, 0.15) is 5.75 Å². The molecule has 0 bridgehead atoms. The van der Waals surface area contributed by atoms with Crippen molar-refractivity contribution < 1.29 is 14.6 Å². The van der Waals surface area contributed by atoms with Gasteiger partial charge in [0.15, 0.2) is 5.69 Å². The quantitative estimate of drug-likeness (QED) is 0.778. The van der Waals surface area contributed by atoms with E-state index in [1.165, 1.54) is 0 Å². The largest absolute Gasteiger partial charge is 0.497 e. The normalized spacial score (nSPS) is 12.0. The van der Waals surface area contributed by atoms with E-state index in [4.69, 9.17) is 9.84 Å². The minimum Gasteiger partial charge on any atom is -0.497 e.